The van der Waals surface area contributed by atoms with Crippen LogP contribution in [0.4, 0.5) is 0 Å². The van der Waals surface area contributed by atoms with E-state index in [2.05, 4.69) is 20.8 Å². The molecule has 28 heavy (non-hydrogen) atoms. The van der Waals surface area contributed by atoms with Crippen LogP contribution in [0.2, 0.25) is 0 Å². The van der Waals surface area contributed by atoms with Crippen LogP contribution >= 0.6 is 12.4 Å². The summed E-state index contributed by atoms with van der Waals surface area (Å²) in [6.07, 6.45) is 7.44. The maximum Gasteiger partial charge on any atom is 0.260 e. The molecule has 2 fully saturated rings. The molecule has 0 radical (unpaired) electrons. The third kappa shape index (κ3) is 4.80. The smallest absolute Gasteiger partial charge is 0.260 e. The van der Waals surface area contributed by atoms with Crippen LogP contribution in [0.1, 0.15) is 32.1 Å². The Morgan fingerprint density at radius 3 is 2.61 bits per heavy atom. The SMILES string of the molecule is Cl.O=C(COc1ccc(-n2cnnn2)cc1)N1CCCC2(CCNCC2)CC1. The van der Waals surface area contributed by atoms with Crippen LogP contribution in [0.15, 0.2) is 30.6 Å². The van der Waals surface area contributed by atoms with Crippen LogP contribution in [-0.2, 0) is 4.79 Å². The molecule has 0 atom stereocenters. The van der Waals surface area contributed by atoms with Crippen molar-refractivity contribution in [3.8, 4) is 11.4 Å². The Balaban J connectivity index is 0.00000225. The number of rotatable bonds is 4. The van der Waals surface area contributed by atoms with Crippen LogP contribution < -0.4 is 10.1 Å². The summed E-state index contributed by atoms with van der Waals surface area (Å²) in [7, 11) is 0. The van der Waals surface area contributed by atoms with Crippen LogP contribution in [0, 0.1) is 5.41 Å². The van der Waals surface area contributed by atoms with Crippen molar-refractivity contribution in [2.75, 3.05) is 32.8 Å². The zero-order chi connectivity index (χ0) is 18.5. The van der Waals surface area contributed by atoms with E-state index in [9.17, 15) is 4.79 Å². The Bertz CT molecular complexity index is 746. The van der Waals surface area contributed by atoms with E-state index < -0.39 is 0 Å². The Morgan fingerprint density at radius 1 is 1.11 bits per heavy atom. The highest BCUT2D eigenvalue weighted by Crippen LogP contribution is 2.39. The van der Waals surface area contributed by atoms with Crippen molar-refractivity contribution in [3.63, 3.8) is 0 Å². The fourth-order valence-corrected chi connectivity index (χ4v) is 4.17. The number of nitrogens with zero attached hydrogens (tertiary/aromatic N) is 5. The summed E-state index contributed by atoms with van der Waals surface area (Å²) in [5, 5.41) is 14.5. The highest BCUT2D eigenvalue weighted by atomic mass is 35.5. The molecule has 1 spiro atoms. The van der Waals surface area contributed by atoms with Gasteiger partial charge in [0, 0.05) is 13.1 Å². The Kier molecular flexibility index (Phi) is 6.85. The summed E-state index contributed by atoms with van der Waals surface area (Å²) in [4.78, 5) is 14.6. The second-order valence-corrected chi connectivity index (χ2v) is 7.52. The molecule has 0 saturated carbocycles. The Labute approximate surface area is 171 Å². The van der Waals surface area contributed by atoms with Crippen molar-refractivity contribution in [2.24, 2.45) is 5.41 Å². The summed E-state index contributed by atoms with van der Waals surface area (Å²) < 4.78 is 7.28. The summed E-state index contributed by atoms with van der Waals surface area (Å²) in [5.41, 5.74) is 1.28. The van der Waals surface area contributed by atoms with Gasteiger partial charge in [0.05, 0.1) is 5.69 Å². The summed E-state index contributed by atoms with van der Waals surface area (Å²) in [5.74, 6) is 0.746. The van der Waals surface area contributed by atoms with Crippen molar-refractivity contribution in [1.29, 1.82) is 0 Å². The fourth-order valence-electron chi connectivity index (χ4n) is 4.17. The molecule has 1 amide bonds. The number of carbonyl (C=O) groups excluding carboxylic acids is 1. The van der Waals surface area contributed by atoms with Gasteiger partial charge in [-0.1, -0.05) is 0 Å². The fraction of sp³-hybridized carbons (Fsp3) is 0.579. The van der Waals surface area contributed by atoms with Gasteiger partial charge in [0.1, 0.15) is 12.1 Å². The molecule has 152 valence electrons. The molecule has 3 heterocycles. The topological polar surface area (TPSA) is 85.2 Å². The lowest BCUT2D eigenvalue weighted by molar-refractivity contribution is -0.133. The van der Waals surface area contributed by atoms with Crippen molar-refractivity contribution in [2.45, 2.75) is 32.1 Å². The van der Waals surface area contributed by atoms with Gasteiger partial charge in [0.25, 0.3) is 5.91 Å². The largest absolute Gasteiger partial charge is 0.484 e. The zero-order valence-corrected chi connectivity index (χ0v) is 16.7. The predicted molar refractivity (Wildman–Crippen MR) is 107 cm³/mol. The lowest BCUT2D eigenvalue weighted by Crippen LogP contribution is -2.39. The summed E-state index contributed by atoms with van der Waals surface area (Å²) >= 11 is 0. The van der Waals surface area contributed by atoms with E-state index in [0.29, 0.717) is 11.2 Å². The average molecular weight is 407 g/mol. The number of carbonyl (C=O) groups is 1. The molecule has 8 nitrogen and oxygen atoms in total. The highest BCUT2D eigenvalue weighted by Gasteiger charge is 2.34. The van der Waals surface area contributed by atoms with E-state index >= 15 is 0 Å². The number of ether oxygens (including phenoxy) is 1. The average Bonchev–Trinajstić information content (AvgIpc) is 3.17. The number of halogens is 1. The van der Waals surface area contributed by atoms with Gasteiger partial charge in [-0.05, 0) is 85.3 Å². The second kappa shape index (κ2) is 9.34. The van der Waals surface area contributed by atoms with E-state index in [1.807, 2.05) is 29.2 Å². The van der Waals surface area contributed by atoms with E-state index in [-0.39, 0.29) is 24.9 Å². The number of tetrazole rings is 1. The number of aromatic nitrogens is 4. The molecule has 0 aliphatic carbocycles. The Morgan fingerprint density at radius 2 is 1.89 bits per heavy atom. The first kappa shape index (κ1) is 20.5. The first-order valence-electron chi connectivity index (χ1n) is 9.69. The third-order valence-corrected chi connectivity index (χ3v) is 5.88. The van der Waals surface area contributed by atoms with Gasteiger partial charge in [0.15, 0.2) is 6.61 Å². The maximum atomic E-state index is 12.6. The number of benzene rings is 1. The number of hydrogen-bond donors (Lipinski definition) is 1. The summed E-state index contributed by atoms with van der Waals surface area (Å²) in [6, 6.07) is 7.39. The minimum Gasteiger partial charge on any atom is -0.484 e. The molecule has 1 aromatic heterocycles. The van der Waals surface area contributed by atoms with Crippen molar-refractivity contribution >= 4 is 18.3 Å². The molecule has 9 heteroatoms. The minimum absolute atomic E-state index is 0. The number of nitrogens with one attached hydrogen (secondary N) is 1. The zero-order valence-electron chi connectivity index (χ0n) is 15.9. The van der Waals surface area contributed by atoms with E-state index in [1.165, 1.54) is 25.6 Å². The quantitative estimate of drug-likeness (QED) is 0.833. The van der Waals surface area contributed by atoms with Gasteiger partial charge in [-0.25, -0.2) is 4.68 Å². The molecule has 1 aromatic carbocycles. The maximum absolute atomic E-state index is 12.6. The molecule has 2 aliphatic heterocycles. The number of likely N-dealkylation sites (tertiary alicyclic amines) is 1. The van der Waals surface area contributed by atoms with E-state index in [1.54, 1.807) is 4.68 Å². The van der Waals surface area contributed by atoms with Gasteiger partial charge in [-0.2, -0.15) is 0 Å². The highest BCUT2D eigenvalue weighted by molar-refractivity contribution is 5.85. The minimum atomic E-state index is 0. The molecule has 4 rings (SSSR count). The van der Waals surface area contributed by atoms with Gasteiger partial charge < -0.3 is 15.0 Å². The lowest BCUT2D eigenvalue weighted by Gasteiger charge is -2.37. The van der Waals surface area contributed by atoms with E-state index in [4.69, 9.17) is 4.74 Å². The molecule has 0 bridgehead atoms. The first-order chi connectivity index (χ1) is 13.2. The normalized spacial score (nSPS) is 18.9. The summed E-state index contributed by atoms with van der Waals surface area (Å²) in [6.45, 7) is 3.99. The molecule has 1 N–H and O–H groups in total. The lowest BCUT2D eigenvalue weighted by atomic mass is 9.73. The first-order valence-corrected chi connectivity index (χ1v) is 9.69. The van der Waals surface area contributed by atoms with Gasteiger partial charge in [-0.3, -0.25) is 4.79 Å². The van der Waals surface area contributed by atoms with Crippen molar-refractivity contribution < 1.29 is 9.53 Å². The van der Waals surface area contributed by atoms with Crippen LogP contribution in [0.5, 0.6) is 5.75 Å². The third-order valence-electron chi connectivity index (χ3n) is 5.88. The molecule has 2 aliphatic rings. The van der Waals surface area contributed by atoms with Crippen LogP contribution in [-0.4, -0.2) is 63.8 Å². The van der Waals surface area contributed by atoms with Crippen LogP contribution in [0.25, 0.3) is 5.69 Å². The van der Waals surface area contributed by atoms with Gasteiger partial charge in [0.2, 0.25) is 0 Å². The van der Waals surface area contributed by atoms with Gasteiger partial charge >= 0.3 is 0 Å². The molecule has 0 unspecified atom stereocenters. The Hall–Kier alpha value is -2.19. The second-order valence-electron chi connectivity index (χ2n) is 7.52. The van der Waals surface area contributed by atoms with Crippen molar-refractivity contribution in [3.05, 3.63) is 30.6 Å². The van der Waals surface area contributed by atoms with Gasteiger partial charge in [-0.15, -0.1) is 17.5 Å². The monoisotopic (exact) mass is 406 g/mol. The predicted octanol–water partition coefficient (Wildman–Crippen LogP) is 1.85. The number of hydrogen-bond acceptors (Lipinski definition) is 6. The van der Waals surface area contributed by atoms with Crippen LogP contribution in [0.3, 0.4) is 0 Å². The number of amides is 1. The van der Waals surface area contributed by atoms with E-state index in [0.717, 1.165) is 44.7 Å². The number of piperidine rings is 1. The molecular weight excluding hydrogens is 380 g/mol. The molecular formula is C19H27ClN6O2. The molecule has 2 aromatic rings. The standard InChI is InChI=1S/C19H26N6O2.ClH/c26-18(24-12-1-6-19(9-13-24)7-10-20-11-8-19)14-27-17-4-2-16(3-5-17)25-15-21-22-23-25;/h2-5,15,20H,1,6-14H2;1H. The van der Waals surface area contributed by atoms with Crippen molar-refractivity contribution in [1.82, 2.24) is 30.4 Å². The molecule has 2 saturated heterocycles.